The molecule has 1 atom stereocenters. The summed E-state index contributed by atoms with van der Waals surface area (Å²) in [7, 11) is 3.78. The van der Waals surface area contributed by atoms with Gasteiger partial charge in [0, 0.05) is 6.54 Å². The topological polar surface area (TPSA) is 50.8 Å². The Balaban J connectivity index is 1.68. The number of methoxy groups -OCH3 is 1. The van der Waals surface area contributed by atoms with E-state index in [1.807, 2.05) is 12.1 Å². The molecule has 0 aliphatic carbocycles. The van der Waals surface area contributed by atoms with Crippen molar-refractivity contribution in [3.8, 4) is 11.5 Å². The number of carbonyl (C=O) groups excluding carboxylic acids is 1. The summed E-state index contributed by atoms with van der Waals surface area (Å²) in [5.41, 5.74) is 0. The molecule has 1 saturated heterocycles. The van der Waals surface area contributed by atoms with Gasteiger partial charge in [0.15, 0.2) is 6.10 Å². The molecule has 1 amide bonds. The highest BCUT2D eigenvalue weighted by Gasteiger charge is 2.18. The second-order valence-corrected chi connectivity index (χ2v) is 6.26. The standard InChI is InChI=1S/C18H28N2O3/c1-14(23-17-6-4-16(22-3)5-7-17)18(21)19-11-8-15-9-12-20(2)13-10-15/h4-7,14-15H,8-13H2,1-3H3,(H,19,21)/t14-/m1/s1. The lowest BCUT2D eigenvalue weighted by atomic mass is 9.94. The van der Waals surface area contributed by atoms with Gasteiger partial charge in [0.25, 0.3) is 5.91 Å². The van der Waals surface area contributed by atoms with Crippen molar-refractivity contribution in [2.24, 2.45) is 5.92 Å². The minimum Gasteiger partial charge on any atom is -0.497 e. The highest BCUT2D eigenvalue weighted by Crippen LogP contribution is 2.19. The van der Waals surface area contributed by atoms with Crippen LogP contribution in [-0.4, -0.2) is 50.7 Å². The van der Waals surface area contributed by atoms with Gasteiger partial charge in [-0.3, -0.25) is 4.79 Å². The molecule has 0 unspecified atom stereocenters. The summed E-state index contributed by atoms with van der Waals surface area (Å²) in [6, 6.07) is 7.25. The molecule has 128 valence electrons. The summed E-state index contributed by atoms with van der Waals surface area (Å²) in [6.07, 6.45) is 3.00. The normalized spacial score (nSPS) is 17.5. The number of nitrogens with zero attached hydrogens (tertiary/aromatic N) is 1. The first-order valence-corrected chi connectivity index (χ1v) is 8.35. The number of carbonyl (C=O) groups is 1. The molecule has 23 heavy (non-hydrogen) atoms. The molecule has 5 heteroatoms. The van der Waals surface area contributed by atoms with Crippen LogP contribution in [0, 0.1) is 5.92 Å². The minimum absolute atomic E-state index is 0.0613. The lowest BCUT2D eigenvalue weighted by Crippen LogP contribution is -2.38. The van der Waals surface area contributed by atoms with E-state index in [-0.39, 0.29) is 5.91 Å². The van der Waals surface area contributed by atoms with Gasteiger partial charge in [-0.2, -0.15) is 0 Å². The van der Waals surface area contributed by atoms with Crippen molar-refractivity contribution in [3.63, 3.8) is 0 Å². The Hall–Kier alpha value is -1.75. The Kier molecular flexibility index (Phi) is 6.71. The van der Waals surface area contributed by atoms with Gasteiger partial charge in [0.1, 0.15) is 11.5 Å². The van der Waals surface area contributed by atoms with Gasteiger partial charge in [-0.25, -0.2) is 0 Å². The molecule has 1 aromatic rings. The number of hydrogen-bond acceptors (Lipinski definition) is 4. The van der Waals surface area contributed by atoms with E-state index in [1.54, 1.807) is 26.2 Å². The molecule has 0 radical (unpaired) electrons. The largest absolute Gasteiger partial charge is 0.497 e. The quantitative estimate of drug-likeness (QED) is 0.837. The van der Waals surface area contributed by atoms with Crippen molar-refractivity contribution in [1.82, 2.24) is 10.2 Å². The fourth-order valence-corrected chi connectivity index (χ4v) is 2.81. The lowest BCUT2D eigenvalue weighted by molar-refractivity contribution is -0.127. The molecule has 0 spiro atoms. The van der Waals surface area contributed by atoms with E-state index in [2.05, 4.69) is 17.3 Å². The van der Waals surface area contributed by atoms with Crippen LogP contribution in [0.15, 0.2) is 24.3 Å². The van der Waals surface area contributed by atoms with Crippen LogP contribution in [0.5, 0.6) is 11.5 Å². The van der Waals surface area contributed by atoms with Gasteiger partial charge in [-0.15, -0.1) is 0 Å². The highest BCUT2D eigenvalue weighted by atomic mass is 16.5. The molecule has 0 aromatic heterocycles. The van der Waals surface area contributed by atoms with Gasteiger partial charge in [0.05, 0.1) is 7.11 Å². The Labute approximate surface area is 139 Å². The Morgan fingerprint density at radius 3 is 2.48 bits per heavy atom. The van der Waals surface area contributed by atoms with Crippen LogP contribution in [0.2, 0.25) is 0 Å². The van der Waals surface area contributed by atoms with Crippen molar-refractivity contribution < 1.29 is 14.3 Å². The first-order valence-electron chi connectivity index (χ1n) is 8.35. The van der Waals surface area contributed by atoms with Crippen LogP contribution < -0.4 is 14.8 Å². The van der Waals surface area contributed by atoms with Crippen molar-refractivity contribution >= 4 is 5.91 Å². The first-order chi connectivity index (χ1) is 11.1. The van der Waals surface area contributed by atoms with E-state index in [0.717, 1.165) is 37.7 Å². The van der Waals surface area contributed by atoms with E-state index < -0.39 is 6.10 Å². The predicted molar refractivity (Wildman–Crippen MR) is 90.9 cm³/mol. The zero-order valence-corrected chi connectivity index (χ0v) is 14.4. The fraction of sp³-hybridized carbons (Fsp3) is 0.611. The Morgan fingerprint density at radius 2 is 1.87 bits per heavy atom. The van der Waals surface area contributed by atoms with E-state index in [9.17, 15) is 4.79 Å². The zero-order chi connectivity index (χ0) is 16.7. The Morgan fingerprint density at radius 1 is 1.26 bits per heavy atom. The number of likely N-dealkylation sites (tertiary alicyclic amines) is 1. The van der Waals surface area contributed by atoms with Gasteiger partial charge in [-0.05, 0) is 76.5 Å². The number of rotatable bonds is 7. The predicted octanol–water partition coefficient (Wildman–Crippen LogP) is 2.31. The maximum absolute atomic E-state index is 12.1. The summed E-state index contributed by atoms with van der Waals surface area (Å²) in [5, 5.41) is 2.98. The van der Waals surface area contributed by atoms with Crippen LogP contribution >= 0.6 is 0 Å². The summed E-state index contributed by atoms with van der Waals surface area (Å²) in [6.45, 7) is 4.82. The molecule has 1 aromatic carbocycles. The monoisotopic (exact) mass is 320 g/mol. The third kappa shape index (κ3) is 5.75. The third-order valence-electron chi connectivity index (χ3n) is 4.43. The molecule has 1 aliphatic heterocycles. The van der Waals surface area contributed by atoms with Crippen LogP contribution in [0.4, 0.5) is 0 Å². The van der Waals surface area contributed by atoms with Gasteiger partial charge >= 0.3 is 0 Å². The molecule has 0 saturated carbocycles. The van der Waals surface area contributed by atoms with Crippen LogP contribution in [0.25, 0.3) is 0 Å². The second kappa shape index (κ2) is 8.77. The molecule has 1 aliphatic rings. The number of benzene rings is 1. The number of ether oxygens (including phenoxy) is 2. The molecule has 1 N–H and O–H groups in total. The Bertz CT molecular complexity index is 482. The van der Waals surface area contributed by atoms with Gasteiger partial charge in [0.2, 0.25) is 0 Å². The van der Waals surface area contributed by atoms with E-state index >= 15 is 0 Å². The summed E-state index contributed by atoms with van der Waals surface area (Å²) in [5.74, 6) is 2.11. The first kappa shape index (κ1) is 17.6. The van der Waals surface area contributed by atoms with Crippen LogP contribution in [-0.2, 0) is 4.79 Å². The highest BCUT2D eigenvalue weighted by molar-refractivity contribution is 5.80. The van der Waals surface area contributed by atoms with Gasteiger partial charge in [-0.1, -0.05) is 0 Å². The molecule has 5 nitrogen and oxygen atoms in total. The fourth-order valence-electron chi connectivity index (χ4n) is 2.81. The number of nitrogens with one attached hydrogen (secondary N) is 1. The number of hydrogen-bond donors (Lipinski definition) is 1. The molecule has 2 rings (SSSR count). The van der Waals surface area contributed by atoms with Crippen molar-refractivity contribution in [2.45, 2.75) is 32.3 Å². The molecule has 0 bridgehead atoms. The maximum Gasteiger partial charge on any atom is 0.260 e. The lowest BCUT2D eigenvalue weighted by Gasteiger charge is -2.29. The maximum atomic E-state index is 12.1. The summed E-state index contributed by atoms with van der Waals surface area (Å²) in [4.78, 5) is 14.5. The minimum atomic E-state index is -0.499. The number of piperidine rings is 1. The number of amides is 1. The zero-order valence-electron chi connectivity index (χ0n) is 14.4. The SMILES string of the molecule is COc1ccc(O[C@H](C)C(=O)NCCC2CCN(C)CC2)cc1. The summed E-state index contributed by atoms with van der Waals surface area (Å²) >= 11 is 0. The average Bonchev–Trinajstić information content (AvgIpc) is 2.57. The van der Waals surface area contributed by atoms with Crippen LogP contribution in [0.1, 0.15) is 26.2 Å². The third-order valence-corrected chi connectivity index (χ3v) is 4.43. The van der Waals surface area contributed by atoms with E-state index in [1.165, 1.54) is 12.8 Å². The van der Waals surface area contributed by atoms with Crippen molar-refractivity contribution in [3.05, 3.63) is 24.3 Å². The molecular formula is C18H28N2O3. The second-order valence-electron chi connectivity index (χ2n) is 6.26. The molecule has 1 fully saturated rings. The molecular weight excluding hydrogens is 292 g/mol. The van der Waals surface area contributed by atoms with Crippen LogP contribution in [0.3, 0.4) is 0 Å². The summed E-state index contributed by atoms with van der Waals surface area (Å²) < 4.78 is 10.8. The van der Waals surface area contributed by atoms with E-state index in [4.69, 9.17) is 9.47 Å². The van der Waals surface area contributed by atoms with E-state index in [0.29, 0.717) is 5.75 Å². The average molecular weight is 320 g/mol. The van der Waals surface area contributed by atoms with Crippen molar-refractivity contribution in [2.75, 3.05) is 33.8 Å². The smallest absolute Gasteiger partial charge is 0.260 e. The van der Waals surface area contributed by atoms with Gasteiger partial charge < -0.3 is 19.7 Å². The van der Waals surface area contributed by atoms with Crippen molar-refractivity contribution in [1.29, 1.82) is 0 Å². The molecule has 1 heterocycles.